The molecule has 27 heavy (non-hydrogen) atoms. The van der Waals surface area contributed by atoms with Gasteiger partial charge in [0.25, 0.3) is 5.91 Å². The third kappa shape index (κ3) is 4.64. The Hall–Kier alpha value is -3.34. The number of amides is 1. The summed E-state index contributed by atoms with van der Waals surface area (Å²) in [5, 5.41) is 6.21. The van der Waals surface area contributed by atoms with Gasteiger partial charge in [0.05, 0.1) is 6.61 Å². The van der Waals surface area contributed by atoms with Crippen LogP contribution in [0.1, 0.15) is 28.5 Å². The smallest absolute Gasteiger partial charge is 0.274 e. The van der Waals surface area contributed by atoms with E-state index in [0.29, 0.717) is 18.0 Å². The number of carbonyl (C=O) groups excluding carboxylic acids is 1. The monoisotopic (exact) mass is 361 g/mol. The number of pyridine rings is 1. The Morgan fingerprint density at radius 2 is 1.81 bits per heavy atom. The van der Waals surface area contributed by atoms with Gasteiger partial charge in [-0.3, -0.25) is 9.78 Å². The summed E-state index contributed by atoms with van der Waals surface area (Å²) >= 11 is 0. The molecule has 0 saturated heterocycles. The molecule has 138 valence electrons. The zero-order chi connectivity index (χ0) is 19.2. The lowest BCUT2D eigenvalue weighted by Gasteiger charge is -2.12. The second-order valence-corrected chi connectivity index (χ2v) is 6.21. The number of aromatic nitrogens is 1. The van der Waals surface area contributed by atoms with Gasteiger partial charge in [-0.15, -0.1) is 0 Å². The second kappa shape index (κ2) is 8.36. The molecular formula is C22H23N3O2. The van der Waals surface area contributed by atoms with Crippen LogP contribution < -0.4 is 15.4 Å². The molecule has 0 aliphatic carbocycles. The lowest BCUT2D eigenvalue weighted by Crippen LogP contribution is -2.13. The lowest BCUT2D eigenvalue weighted by atomic mass is 10.1. The number of carbonyl (C=O) groups is 1. The van der Waals surface area contributed by atoms with Crippen LogP contribution >= 0.6 is 0 Å². The highest BCUT2D eigenvalue weighted by Crippen LogP contribution is 2.23. The van der Waals surface area contributed by atoms with E-state index >= 15 is 0 Å². The highest BCUT2D eigenvalue weighted by atomic mass is 16.5. The Kier molecular flexibility index (Phi) is 5.71. The molecule has 0 spiro atoms. The van der Waals surface area contributed by atoms with Gasteiger partial charge in [0, 0.05) is 23.3 Å². The first kappa shape index (κ1) is 18.5. The van der Waals surface area contributed by atoms with E-state index in [9.17, 15) is 4.79 Å². The standard InChI is InChI=1S/C22H23N3O2/c1-4-27-19-10-8-17(9-11-19)25-22(26)21-14-18(12-13-23-21)24-20-7-5-6-15(2)16(20)3/h5-14H,4H2,1-3H3,(H,23,24)(H,25,26). The van der Waals surface area contributed by atoms with Crippen molar-refractivity contribution in [2.45, 2.75) is 20.8 Å². The van der Waals surface area contributed by atoms with Crippen molar-refractivity contribution in [3.8, 4) is 5.75 Å². The van der Waals surface area contributed by atoms with E-state index in [0.717, 1.165) is 17.1 Å². The van der Waals surface area contributed by atoms with Gasteiger partial charge in [-0.05, 0) is 74.4 Å². The number of anilines is 3. The van der Waals surface area contributed by atoms with Gasteiger partial charge in [0.1, 0.15) is 11.4 Å². The molecule has 0 bridgehead atoms. The first-order chi connectivity index (χ1) is 13.1. The average molecular weight is 361 g/mol. The van der Waals surface area contributed by atoms with Gasteiger partial charge in [-0.2, -0.15) is 0 Å². The summed E-state index contributed by atoms with van der Waals surface area (Å²) in [6, 6.07) is 16.9. The summed E-state index contributed by atoms with van der Waals surface area (Å²) in [5.74, 6) is 0.511. The van der Waals surface area contributed by atoms with Crippen LogP contribution in [0.3, 0.4) is 0 Å². The maximum absolute atomic E-state index is 12.5. The van der Waals surface area contributed by atoms with E-state index in [1.54, 1.807) is 24.4 Å². The largest absolute Gasteiger partial charge is 0.494 e. The lowest BCUT2D eigenvalue weighted by molar-refractivity contribution is 0.102. The molecule has 2 N–H and O–H groups in total. The van der Waals surface area contributed by atoms with Crippen LogP contribution in [0.15, 0.2) is 60.8 Å². The zero-order valence-electron chi connectivity index (χ0n) is 15.7. The van der Waals surface area contributed by atoms with Gasteiger partial charge in [0.15, 0.2) is 0 Å². The molecule has 0 unspecified atom stereocenters. The minimum absolute atomic E-state index is 0.260. The molecule has 5 heteroatoms. The molecule has 1 aromatic heterocycles. The van der Waals surface area contributed by atoms with E-state index in [4.69, 9.17) is 4.74 Å². The zero-order valence-corrected chi connectivity index (χ0v) is 15.7. The summed E-state index contributed by atoms with van der Waals surface area (Å²) in [6.45, 7) is 6.68. The fourth-order valence-electron chi connectivity index (χ4n) is 2.67. The number of ether oxygens (including phenoxy) is 1. The number of nitrogens with one attached hydrogen (secondary N) is 2. The van der Waals surface area contributed by atoms with Gasteiger partial charge in [-0.1, -0.05) is 12.1 Å². The molecule has 0 fully saturated rings. The number of hydrogen-bond acceptors (Lipinski definition) is 4. The van der Waals surface area contributed by atoms with Crippen LogP contribution in [-0.4, -0.2) is 17.5 Å². The summed E-state index contributed by atoms with van der Waals surface area (Å²) in [6.07, 6.45) is 1.63. The van der Waals surface area contributed by atoms with E-state index in [2.05, 4.69) is 35.5 Å². The molecule has 0 radical (unpaired) electrons. The second-order valence-electron chi connectivity index (χ2n) is 6.21. The molecule has 0 saturated carbocycles. The highest BCUT2D eigenvalue weighted by Gasteiger charge is 2.09. The number of hydrogen-bond donors (Lipinski definition) is 2. The Morgan fingerprint density at radius 3 is 2.56 bits per heavy atom. The van der Waals surface area contributed by atoms with E-state index < -0.39 is 0 Å². The van der Waals surface area contributed by atoms with Crippen molar-refractivity contribution in [3.63, 3.8) is 0 Å². The first-order valence-corrected chi connectivity index (χ1v) is 8.90. The van der Waals surface area contributed by atoms with Crippen LogP contribution in [-0.2, 0) is 0 Å². The molecule has 3 aromatic rings. The molecule has 3 rings (SSSR count). The van der Waals surface area contributed by atoms with Crippen LogP contribution in [0.2, 0.25) is 0 Å². The number of rotatable bonds is 6. The van der Waals surface area contributed by atoms with Crippen molar-refractivity contribution in [3.05, 3.63) is 77.6 Å². The van der Waals surface area contributed by atoms with E-state index in [1.807, 2.05) is 37.3 Å². The van der Waals surface area contributed by atoms with Crippen molar-refractivity contribution in [1.29, 1.82) is 0 Å². The molecule has 5 nitrogen and oxygen atoms in total. The average Bonchev–Trinajstić information content (AvgIpc) is 2.67. The highest BCUT2D eigenvalue weighted by molar-refractivity contribution is 6.03. The van der Waals surface area contributed by atoms with Gasteiger partial charge in [-0.25, -0.2) is 0 Å². The van der Waals surface area contributed by atoms with Crippen LogP contribution in [0.5, 0.6) is 5.75 Å². The molecule has 1 amide bonds. The summed E-state index contributed by atoms with van der Waals surface area (Å²) in [5.41, 5.74) is 5.25. The predicted octanol–water partition coefficient (Wildman–Crippen LogP) is 5.09. The fraction of sp³-hybridized carbons (Fsp3) is 0.182. The molecule has 0 aliphatic heterocycles. The first-order valence-electron chi connectivity index (χ1n) is 8.90. The van der Waals surface area contributed by atoms with Gasteiger partial charge < -0.3 is 15.4 Å². The van der Waals surface area contributed by atoms with Crippen molar-refractivity contribution >= 4 is 23.0 Å². The Bertz CT molecular complexity index is 937. The number of aryl methyl sites for hydroxylation is 1. The number of nitrogens with zero attached hydrogens (tertiary/aromatic N) is 1. The summed E-state index contributed by atoms with van der Waals surface area (Å²) < 4.78 is 5.41. The van der Waals surface area contributed by atoms with E-state index in [-0.39, 0.29) is 5.91 Å². The predicted molar refractivity (Wildman–Crippen MR) is 109 cm³/mol. The van der Waals surface area contributed by atoms with Crippen molar-refractivity contribution in [2.75, 3.05) is 17.2 Å². The van der Waals surface area contributed by atoms with Gasteiger partial charge in [0.2, 0.25) is 0 Å². The topological polar surface area (TPSA) is 63.2 Å². The minimum atomic E-state index is -0.260. The molecule has 0 atom stereocenters. The van der Waals surface area contributed by atoms with Crippen LogP contribution in [0.4, 0.5) is 17.1 Å². The SMILES string of the molecule is CCOc1ccc(NC(=O)c2cc(Nc3cccc(C)c3C)ccn2)cc1. The minimum Gasteiger partial charge on any atom is -0.494 e. The van der Waals surface area contributed by atoms with E-state index in [1.165, 1.54) is 11.1 Å². The Morgan fingerprint density at radius 1 is 1.04 bits per heavy atom. The summed E-state index contributed by atoms with van der Waals surface area (Å²) in [4.78, 5) is 16.7. The number of benzene rings is 2. The maximum atomic E-state index is 12.5. The molecule has 1 heterocycles. The summed E-state index contributed by atoms with van der Waals surface area (Å²) in [7, 11) is 0. The molecule has 2 aromatic carbocycles. The molecular weight excluding hydrogens is 338 g/mol. The third-order valence-corrected chi connectivity index (χ3v) is 4.30. The maximum Gasteiger partial charge on any atom is 0.274 e. The quantitative estimate of drug-likeness (QED) is 0.642. The van der Waals surface area contributed by atoms with Crippen molar-refractivity contribution in [2.24, 2.45) is 0 Å². The van der Waals surface area contributed by atoms with Crippen LogP contribution in [0, 0.1) is 13.8 Å². The molecule has 0 aliphatic rings. The Labute approximate surface area is 159 Å². The Balaban J connectivity index is 1.72. The van der Waals surface area contributed by atoms with Gasteiger partial charge >= 0.3 is 0 Å². The van der Waals surface area contributed by atoms with Crippen molar-refractivity contribution < 1.29 is 9.53 Å². The van der Waals surface area contributed by atoms with Crippen molar-refractivity contribution in [1.82, 2.24) is 4.98 Å². The normalized spacial score (nSPS) is 10.3. The third-order valence-electron chi connectivity index (χ3n) is 4.30. The van der Waals surface area contributed by atoms with Crippen LogP contribution in [0.25, 0.3) is 0 Å². The fourth-order valence-corrected chi connectivity index (χ4v) is 2.67.